The fraction of sp³-hybridized carbons (Fsp3) is 0. The predicted molar refractivity (Wildman–Crippen MR) is 245 cm³/mol. The molecule has 1 heterocycles. The second-order valence-electron chi connectivity index (χ2n) is 14.9. The van der Waals surface area contributed by atoms with E-state index >= 15 is 0 Å². The van der Waals surface area contributed by atoms with Crippen LogP contribution in [0, 0.1) is 0 Å². The third kappa shape index (κ3) is 5.82. The lowest BCUT2D eigenvalue weighted by molar-refractivity contribution is 0.670. The van der Waals surface area contributed by atoms with Gasteiger partial charge in [-0.25, -0.2) is 0 Å². The zero-order valence-electron chi connectivity index (χ0n) is 31.7. The third-order valence-corrected chi connectivity index (χ3v) is 11.5. The van der Waals surface area contributed by atoms with Crippen molar-refractivity contribution in [3.63, 3.8) is 0 Å². The predicted octanol–water partition coefficient (Wildman–Crippen LogP) is 16.0. The van der Waals surface area contributed by atoms with E-state index in [9.17, 15) is 0 Å². The van der Waals surface area contributed by atoms with Gasteiger partial charge in [-0.05, 0) is 109 Å². The summed E-state index contributed by atoms with van der Waals surface area (Å²) in [5, 5.41) is 7.18. The highest BCUT2D eigenvalue weighted by atomic mass is 16.3. The Balaban J connectivity index is 1.10. The van der Waals surface area contributed by atoms with Crippen LogP contribution in [0.1, 0.15) is 0 Å². The molecule has 0 fully saturated rings. The molecule has 10 aromatic carbocycles. The van der Waals surface area contributed by atoms with Crippen LogP contribution in [-0.2, 0) is 0 Å². The summed E-state index contributed by atoms with van der Waals surface area (Å²) >= 11 is 0. The van der Waals surface area contributed by atoms with Crippen molar-refractivity contribution in [2.45, 2.75) is 0 Å². The van der Waals surface area contributed by atoms with Crippen molar-refractivity contribution in [2.24, 2.45) is 0 Å². The number of furan rings is 1. The summed E-state index contributed by atoms with van der Waals surface area (Å²) < 4.78 is 6.62. The fourth-order valence-corrected chi connectivity index (χ4v) is 8.68. The molecule has 2 heteroatoms. The van der Waals surface area contributed by atoms with E-state index in [-0.39, 0.29) is 0 Å². The first-order valence-corrected chi connectivity index (χ1v) is 19.8. The van der Waals surface area contributed by atoms with Crippen molar-refractivity contribution in [3.8, 4) is 44.5 Å². The summed E-state index contributed by atoms with van der Waals surface area (Å²) in [7, 11) is 0. The van der Waals surface area contributed by atoms with Crippen LogP contribution < -0.4 is 4.90 Å². The van der Waals surface area contributed by atoms with E-state index in [1.807, 2.05) is 6.07 Å². The molecule has 0 aliphatic rings. The largest absolute Gasteiger partial charge is 0.455 e. The number of anilines is 3. The first kappa shape index (κ1) is 33.6. The molecule has 0 unspecified atom stereocenters. The number of hydrogen-bond acceptors (Lipinski definition) is 2. The van der Waals surface area contributed by atoms with Crippen molar-refractivity contribution < 1.29 is 4.42 Å². The minimum absolute atomic E-state index is 0.891. The van der Waals surface area contributed by atoms with E-state index in [0.29, 0.717) is 0 Å². The summed E-state index contributed by atoms with van der Waals surface area (Å²) in [6.07, 6.45) is 0. The maximum Gasteiger partial charge on any atom is 0.143 e. The van der Waals surface area contributed by atoms with Gasteiger partial charge in [0.05, 0.1) is 0 Å². The topological polar surface area (TPSA) is 16.4 Å². The van der Waals surface area contributed by atoms with Crippen LogP contribution in [0.3, 0.4) is 0 Å². The second kappa shape index (κ2) is 14.1. The van der Waals surface area contributed by atoms with Gasteiger partial charge < -0.3 is 9.32 Å². The SMILES string of the molecule is c1ccc(-c2ccc(N(c3ccc(-c4ccc(-c5ccccc5)c5oc6ccccc6c45)cc3)c3ccc4ccc5ccccc5c4c3)cc2-c2ccccc2)cc1. The molecule has 0 saturated heterocycles. The van der Waals surface area contributed by atoms with Gasteiger partial charge in [0.1, 0.15) is 11.2 Å². The molecule has 0 radical (unpaired) electrons. The number of para-hydroxylation sites is 1. The molecule has 0 amide bonds. The molecule has 11 rings (SSSR count). The van der Waals surface area contributed by atoms with E-state index in [2.05, 4.69) is 223 Å². The van der Waals surface area contributed by atoms with E-state index in [0.717, 1.165) is 61.3 Å². The van der Waals surface area contributed by atoms with Crippen LogP contribution >= 0.6 is 0 Å². The average molecular weight is 740 g/mol. The van der Waals surface area contributed by atoms with E-state index in [1.54, 1.807) is 0 Å². The van der Waals surface area contributed by atoms with Crippen LogP contribution in [0.25, 0.3) is 88.0 Å². The Kier molecular flexibility index (Phi) is 8.19. The lowest BCUT2D eigenvalue weighted by Gasteiger charge is -2.27. The molecule has 11 aromatic rings. The van der Waals surface area contributed by atoms with Crippen molar-refractivity contribution >= 4 is 60.5 Å². The first-order chi connectivity index (χ1) is 28.8. The molecule has 0 atom stereocenters. The monoisotopic (exact) mass is 739 g/mol. The molecule has 0 aliphatic heterocycles. The van der Waals surface area contributed by atoms with Crippen molar-refractivity contribution in [1.82, 2.24) is 0 Å². The number of nitrogens with zero attached hydrogens (tertiary/aromatic N) is 1. The number of benzene rings is 10. The molecule has 0 saturated carbocycles. The van der Waals surface area contributed by atoms with E-state index in [1.165, 1.54) is 43.8 Å². The van der Waals surface area contributed by atoms with Crippen LogP contribution in [0.5, 0.6) is 0 Å². The van der Waals surface area contributed by atoms with Gasteiger partial charge in [-0.3, -0.25) is 0 Å². The smallest absolute Gasteiger partial charge is 0.143 e. The van der Waals surface area contributed by atoms with Crippen molar-refractivity contribution in [3.05, 3.63) is 224 Å². The van der Waals surface area contributed by atoms with Gasteiger partial charge in [0.25, 0.3) is 0 Å². The minimum Gasteiger partial charge on any atom is -0.455 e. The summed E-state index contributed by atoms with van der Waals surface area (Å²) in [5.74, 6) is 0. The molecule has 1 aromatic heterocycles. The van der Waals surface area contributed by atoms with E-state index in [4.69, 9.17) is 4.42 Å². The van der Waals surface area contributed by atoms with Crippen LogP contribution in [-0.4, -0.2) is 0 Å². The Morgan fingerprint density at radius 1 is 0.293 bits per heavy atom. The van der Waals surface area contributed by atoms with Gasteiger partial charge in [-0.2, -0.15) is 0 Å². The van der Waals surface area contributed by atoms with Gasteiger partial charge in [-0.15, -0.1) is 0 Å². The molecule has 58 heavy (non-hydrogen) atoms. The molecular formula is C56H37NO. The summed E-state index contributed by atoms with van der Waals surface area (Å²) in [5.41, 5.74) is 14.3. The molecule has 0 N–H and O–H groups in total. The number of rotatable bonds is 7. The maximum atomic E-state index is 6.62. The van der Waals surface area contributed by atoms with Crippen LogP contribution in [0.2, 0.25) is 0 Å². The van der Waals surface area contributed by atoms with Crippen molar-refractivity contribution in [2.75, 3.05) is 4.90 Å². The highest BCUT2D eigenvalue weighted by Gasteiger charge is 2.20. The van der Waals surface area contributed by atoms with Gasteiger partial charge in [0.2, 0.25) is 0 Å². The average Bonchev–Trinajstić information content (AvgIpc) is 3.70. The fourth-order valence-electron chi connectivity index (χ4n) is 8.68. The summed E-state index contributed by atoms with van der Waals surface area (Å²) in [6.45, 7) is 0. The molecule has 0 spiro atoms. The normalized spacial score (nSPS) is 11.4. The van der Waals surface area contributed by atoms with Gasteiger partial charge >= 0.3 is 0 Å². The number of hydrogen-bond donors (Lipinski definition) is 0. The quantitative estimate of drug-likeness (QED) is 0.151. The highest BCUT2D eigenvalue weighted by molar-refractivity contribution is 6.16. The van der Waals surface area contributed by atoms with Crippen LogP contribution in [0.4, 0.5) is 17.1 Å². The number of fused-ring (bicyclic) bond motifs is 6. The first-order valence-electron chi connectivity index (χ1n) is 19.8. The summed E-state index contributed by atoms with van der Waals surface area (Å²) in [4.78, 5) is 2.40. The standard InChI is InChI=1S/C56H37NO/c1-4-14-38(15-5-1)48-33-32-46(37-52(48)40-18-8-3-9-19-40)57(45-31-28-43-25-24-41-20-10-11-21-47(41)53(43)36-45)44-29-26-42(27-30-44)49-34-35-50(39-16-6-2-7-17-39)56-55(49)51-22-12-13-23-54(51)58-56/h1-37H. The maximum absolute atomic E-state index is 6.62. The molecule has 272 valence electrons. The van der Waals surface area contributed by atoms with Gasteiger partial charge in [0.15, 0.2) is 0 Å². The van der Waals surface area contributed by atoms with Crippen molar-refractivity contribution in [1.29, 1.82) is 0 Å². The summed E-state index contributed by atoms with van der Waals surface area (Å²) in [6, 6.07) is 80.6. The lowest BCUT2D eigenvalue weighted by atomic mass is 9.93. The van der Waals surface area contributed by atoms with Gasteiger partial charge in [0, 0.05) is 33.4 Å². The zero-order valence-corrected chi connectivity index (χ0v) is 31.7. The highest BCUT2D eigenvalue weighted by Crippen LogP contribution is 2.45. The lowest BCUT2D eigenvalue weighted by Crippen LogP contribution is -2.10. The minimum atomic E-state index is 0.891. The Labute approximate surface area is 337 Å². The Morgan fingerprint density at radius 2 is 0.776 bits per heavy atom. The Morgan fingerprint density at radius 3 is 1.50 bits per heavy atom. The Hall–Kier alpha value is -7.68. The molecular weight excluding hydrogens is 703 g/mol. The second-order valence-corrected chi connectivity index (χ2v) is 14.9. The molecule has 2 nitrogen and oxygen atoms in total. The van der Waals surface area contributed by atoms with E-state index < -0.39 is 0 Å². The van der Waals surface area contributed by atoms with Gasteiger partial charge in [-0.1, -0.05) is 176 Å². The molecule has 0 aliphatic carbocycles. The van der Waals surface area contributed by atoms with Crippen LogP contribution in [0.15, 0.2) is 229 Å². The zero-order chi connectivity index (χ0) is 38.4. The molecule has 0 bridgehead atoms. The third-order valence-electron chi connectivity index (χ3n) is 11.5. The Bertz CT molecular complexity index is 3260.